The summed E-state index contributed by atoms with van der Waals surface area (Å²) in [6, 6.07) is 37.8. The van der Waals surface area contributed by atoms with Gasteiger partial charge in [-0.15, -0.1) is 0 Å². The summed E-state index contributed by atoms with van der Waals surface area (Å²) in [5, 5.41) is 0. The van der Waals surface area contributed by atoms with Crippen molar-refractivity contribution in [1.29, 1.82) is 0 Å². The maximum Gasteiger partial charge on any atom is 0.126 e. The summed E-state index contributed by atoms with van der Waals surface area (Å²) in [5.74, 6) is 4.84. The highest BCUT2D eigenvalue weighted by Gasteiger charge is 2.23. The van der Waals surface area contributed by atoms with Crippen LogP contribution in [-0.2, 0) is 19.3 Å². The van der Waals surface area contributed by atoms with Gasteiger partial charge in [0.25, 0.3) is 0 Å². The van der Waals surface area contributed by atoms with E-state index in [1.807, 2.05) is 36.4 Å². The van der Waals surface area contributed by atoms with Crippen LogP contribution in [0.5, 0.6) is 34.5 Å². The molecule has 0 heterocycles. The predicted octanol–water partition coefficient (Wildman–Crippen LogP) is 9.82. The molecule has 0 amide bonds. The van der Waals surface area contributed by atoms with Gasteiger partial charge in [-0.2, -0.15) is 0 Å². The first-order chi connectivity index (χ1) is 24.9. The van der Waals surface area contributed by atoms with Crippen LogP contribution in [0, 0.1) is 0 Å². The largest absolute Gasteiger partial charge is 0.497 e. The van der Waals surface area contributed by atoms with Gasteiger partial charge in [-0.3, -0.25) is 0 Å². The lowest BCUT2D eigenvalue weighted by Crippen LogP contribution is -2.02. The molecular weight excluding hydrogens is 636 g/mol. The van der Waals surface area contributed by atoms with Gasteiger partial charge < -0.3 is 28.4 Å². The summed E-state index contributed by atoms with van der Waals surface area (Å²) in [4.78, 5) is 0. The first-order valence-electron chi connectivity index (χ1n) is 17.0. The molecule has 0 N–H and O–H groups in total. The molecule has 0 unspecified atom stereocenters. The third-order valence-corrected chi connectivity index (χ3v) is 9.85. The summed E-state index contributed by atoms with van der Waals surface area (Å²) in [6.45, 7) is 0. The van der Waals surface area contributed by atoms with E-state index in [9.17, 15) is 0 Å². The molecule has 0 fully saturated rings. The highest BCUT2D eigenvalue weighted by atomic mass is 16.5. The van der Waals surface area contributed by atoms with Crippen molar-refractivity contribution in [1.82, 2.24) is 0 Å². The lowest BCUT2D eigenvalue weighted by Gasteiger charge is -2.18. The van der Waals surface area contributed by atoms with Crippen LogP contribution in [0.2, 0.25) is 0 Å². The Morgan fingerprint density at radius 1 is 0.314 bits per heavy atom. The van der Waals surface area contributed by atoms with Crippen molar-refractivity contribution in [2.75, 3.05) is 42.7 Å². The zero-order valence-corrected chi connectivity index (χ0v) is 30.0. The quantitative estimate of drug-likeness (QED) is 0.152. The van der Waals surface area contributed by atoms with Gasteiger partial charge in [-0.25, -0.2) is 0 Å². The van der Waals surface area contributed by atoms with E-state index in [0.29, 0.717) is 19.3 Å². The minimum atomic E-state index is 0.717. The first-order valence-corrected chi connectivity index (χ1v) is 17.0. The molecule has 0 radical (unpaired) electrons. The molecule has 0 saturated carbocycles. The first kappa shape index (κ1) is 33.6. The number of rotatable bonds is 9. The lowest BCUT2D eigenvalue weighted by molar-refractivity contribution is 0.413. The monoisotopic (exact) mass is 678 g/mol. The Bertz CT molecular complexity index is 1970. The second-order valence-electron chi connectivity index (χ2n) is 12.7. The van der Waals surface area contributed by atoms with Crippen molar-refractivity contribution in [2.45, 2.75) is 19.3 Å². The van der Waals surface area contributed by atoms with Gasteiger partial charge in [0, 0.05) is 16.7 Å². The van der Waals surface area contributed by atoms with Crippen molar-refractivity contribution in [3.05, 3.63) is 143 Å². The summed E-state index contributed by atoms with van der Waals surface area (Å²) >= 11 is 0. The minimum absolute atomic E-state index is 0.717. The summed E-state index contributed by atoms with van der Waals surface area (Å²) < 4.78 is 35.0. The summed E-state index contributed by atoms with van der Waals surface area (Å²) in [6.07, 6.45) is 2.15. The minimum Gasteiger partial charge on any atom is -0.497 e. The Kier molecular flexibility index (Phi) is 9.58. The van der Waals surface area contributed by atoms with Crippen LogP contribution in [0.25, 0.3) is 33.4 Å². The molecule has 0 atom stereocenters. The Morgan fingerprint density at radius 3 is 0.843 bits per heavy atom. The average molecular weight is 679 g/mol. The Labute approximate surface area is 300 Å². The molecule has 0 bridgehead atoms. The van der Waals surface area contributed by atoms with Gasteiger partial charge >= 0.3 is 0 Å². The molecule has 6 heteroatoms. The van der Waals surface area contributed by atoms with Gasteiger partial charge in [0.15, 0.2) is 0 Å². The Hall–Kier alpha value is -5.88. The normalized spacial score (nSPS) is 11.9. The smallest absolute Gasteiger partial charge is 0.126 e. The van der Waals surface area contributed by atoms with Crippen LogP contribution >= 0.6 is 0 Å². The van der Waals surface area contributed by atoms with Crippen molar-refractivity contribution < 1.29 is 28.4 Å². The molecule has 0 aliphatic heterocycles. The maximum absolute atomic E-state index is 6.07. The van der Waals surface area contributed by atoms with Crippen molar-refractivity contribution >= 4 is 0 Å². The number of hydrogen-bond donors (Lipinski definition) is 0. The van der Waals surface area contributed by atoms with E-state index < -0.39 is 0 Å². The second-order valence-corrected chi connectivity index (χ2v) is 12.7. The molecule has 0 saturated heterocycles. The van der Waals surface area contributed by atoms with Gasteiger partial charge in [0.2, 0.25) is 0 Å². The molecule has 6 nitrogen and oxygen atoms in total. The molecule has 7 rings (SSSR count). The zero-order valence-electron chi connectivity index (χ0n) is 30.0. The molecule has 6 aromatic carbocycles. The summed E-state index contributed by atoms with van der Waals surface area (Å²) in [7, 11) is 10.3. The fourth-order valence-corrected chi connectivity index (χ4v) is 7.16. The fourth-order valence-electron chi connectivity index (χ4n) is 7.16. The van der Waals surface area contributed by atoms with Gasteiger partial charge in [0.1, 0.15) is 34.5 Å². The van der Waals surface area contributed by atoms with Crippen LogP contribution < -0.4 is 28.4 Å². The Morgan fingerprint density at radius 2 is 0.588 bits per heavy atom. The van der Waals surface area contributed by atoms with E-state index in [2.05, 4.69) is 72.8 Å². The van der Waals surface area contributed by atoms with E-state index >= 15 is 0 Å². The second kappa shape index (κ2) is 14.5. The number of fused-ring (bicyclic) bond motifs is 3. The molecule has 1 aliphatic rings. The van der Waals surface area contributed by atoms with E-state index in [1.54, 1.807) is 42.7 Å². The molecule has 258 valence electrons. The highest BCUT2D eigenvalue weighted by Crippen LogP contribution is 2.43. The van der Waals surface area contributed by atoms with Crippen LogP contribution in [0.3, 0.4) is 0 Å². The van der Waals surface area contributed by atoms with Gasteiger partial charge in [0.05, 0.1) is 42.7 Å². The fraction of sp³-hybridized carbons (Fsp3) is 0.200. The van der Waals surface area contributed by atoms with Crippen molar-refractivity contribution in [2.24, 2.45) is 0 Å². The van der Waals surface area contributed by atoms with Gasteiger partial charge in [-0.05, 0) is 142 Å². The van der Waals surface area contributed by atoms with Crippen molar-refractivity contribution in [3.63, 3.8) is 0 Å². The van der Waals surface area contributed by atoms with E-state index in [1.165, 1.54) is 33.4 Å². The topological polar surface area (TPSA) is 55.4 Å². The third-order valence-electron chi connectivity index (χ3n) is 9.85. The number of ether oxygens (including phenoxy) is 6. The Balaban J connectivity index is 1.48. The molecule has 0 spiro atoms. The van der Waals surface area contributed by atoms with Crippen LogP contribution in [0.1, 0.15) is 33.4 Å². The van der Waals surface area contributed by atoms with Crippen molar-refractivity contribution in [3.8, 4) is 67.9 Å². The van der Waals surface area contributed by atoms with E-state index in [0.717, 1.165) is 67.9 Å². The third kappa shape index (κ3) is 6.70. The number of methoxy groups -OCH3 is 6. The van der Waals surface area contributed by atoms with Crippen LogP contribution in [0.4, 0.5) is 0 Å². The molecular formula is C45H42O6. The van der Waals surface area contributed by atoms with Gasteiger partial charge in [-0.1, -0.05) is 36.4 Å². The zero-order chi connectivity index (χ0) is 35.5. The van der Waals surface area contributed by atoms with E-state index in [-0.39, 0.29) is 0 Å². The maximum atomic E-state index is 6.07. The summed E-state index contributed by atoms with van der Waals surface area (Å²) in [5.41, 5.74) is 13.4. The SMILES string of the molecule is COc1cccc(-c2cc3c(cc2OC)Cc2cc(-c4cccc(OC)c4)c(OC)cc2Cc2cc(-c4cccc(OC)c4)c(OC)cc2C3)c1. The standard InChI is InChI=1S/C45H42O6/c1-46-37-13-7-10-28(19-37)40-22-31-16-35-26-44(50-5)42(30-12-9-15-39(21-30)48-3)24-33(35)18-36-27-45(51-6)41(29-11-8-14-38(20-29)47-2)23-32(36)17-34(31)25-43(40)49-4/h7-15,19-27H,16-18H2,1-6H3. The predicted molar refractivity (Wildman–Crippen MR) is 203 cm³/mol. The average Bonchev–Trinajstić information content (AvgIpc) is 3.24. The molecule has 6 aromatic rings. The van der Waals surface area contributed by atoms with E-state index in [4.69, 9.17) is 28.4 Å². The number of hydrogen-bond acceptors (Lipinski definition) is 6. The molecule has 1 aliphatic carbocycles. The highest BCUT2D eigenvalue weighted by molar-refractivity contribution is 5.77. The lowest BCUT2D eigenvalue weighted by atomic mass is 9.89. The van der Waals surface area contributed by atoms with Crippen LogP contribution in [0.15, 0.2) is 109 Å². The molecule has 51 heavy (non-hydrogen) atoms. The van der Waals surface area contributed by atoms with Crippen LogP contribution in [-0.4, -0.2) is 42.7 Å². The molecule has 0 aromatic heterocycles. The number of benzene rings is 6.